The molecule has 5 nitrogen and oxygen atoms in total. The first-order valence-corrected chi connectivity index (χ1v) is 8.43. The number of amides is 1. The van der Waals surface area contributed by atoms with E-state index in [9.17, 15) is 4.79 Å². The van der Waals surface area contributed by atoms with Gasteiger partial charge in [-0.1, -0.05) is 42.1 Å². The van der Waals surface area contributed by atoms with Crippen molar-refractivity contribution in [3.8, 4) is 5.75 Å². The highest BCUT2D eigenvalue weighted by Gasteiger charge is 2.25. The molecule has 124 valence electrons. The summed E-state index contributed by atoms with van der Waals surface area (Å²) in [4.78, 5) is 22.1. The van der Waals surface area contributed by atoms with Crippen molar-refractivity contribution in [3.05, 3.63) is 54.1 Å². The number of hydrogen-bond donors (Lipinski definition) is 1. The molecule has 0 spiro atoms. The smallest absolute Gasteiger partial charge is 0.240 e. The third-order valence-electron chi connectivity index (χ3n) is 3.66. The molecule has 0 aliphatic heterocycles. The van der Waals surface area contributed by atoms with Gasteiger partial charge in [0.1, 0.15) is 11.0 Å². The molecule has 0 fully saturated rings. The predicted octanol–water partition coefficient (Wildman–Crippen LogP) is 3.49. The Morgan fingerprint density at radius 3 is 2.62 bits per heavy atom. The quantitative estimate of drug-likeness (QED) is 0.722. The molecule has 0 aliphatic carbocycles. The van der Waals surface area contributed by atoms with Gasteiger partial charge in [-0.2, -0.15) is 0 Å². The maximum Gasteiger partial charge on any atom is 0.240 e. The summed E-state index contributed by atoms with van der Waals surface area (Å²) in [5, 5.41) is 0.367. The zero-order chi connectivity index (χ0) is 17.1. The number of likely N-dealkylation sites (N-methyl/N-ethyl adjacent to an activating group) is 1. The van der Waals surface area contributed by atoms with Gasteiger partial charge in [-0.25, -0.2) is 4.98 Å². The second kappa shape index (κ2) is 6.97. The molecule has 1 aromatic heterocycles. The Kier molecular flexibility index (Phi) is 4.76. The van der Waals surface area contributed by atoms with Crippen LogP contribution in [-0.2, 0) is 4.79 Å². The van der Waals surface area contributed by atoms with Crippen LogP contribution in [0.3, 0.4) is 0 Å². The fourth-order valence-electron chi connectivity index (χ4n) is 2.38. The molecule has 0 bridgehead atoms. The standard InChI is InChI=1S/C18H19N3O2S/c1-21(2)17(22)16(12-7-5-4-6-8-12)24-18-19-14-10-9-13(23-3)11-15(14)20-18/h4-11,16H,1-3H3,(H,19,20)/t16-/m0/s1. The summed E-state index contributed by atoms with van der Waals surface area (Å²) < 4.78 is 5.24. The molecule has 3 rings (SSSR count). The first kappa shape index (κ1) is 16.4. The number of aromatic nitrogens is 2. The Hall–Kier alpha value is -2.47. The summed E-state index contributed by atoms with van der Waals surface area (Å²) in [6.45, 7) is 0. The van der Waals surface area contributed by atoms with Crippen LogP contribution >= 0.6 is 11.8 Å². The minimum Gasteiger partial charge on any atom is -0.497 e. The number of fused-ring (bicyclic) bond motifs is 1. The fourth-order valence-corrected chi connectivity index (χ4v) is 3.53. The number of hydrogen-bond acceptors (Lipinski definition) is 4. The number of nitrogens with zero attached hydrogens (tertiary/aromatic N) is 2. The first-order valence-electron chi connectivity index (χ1n) is 7.55. The molecule has 1 amide bonds. The molecule has 3 aromatic rings. The number of aromatic amines is 1. The van der Waals surface area contributed by atoms with Crippen molar-refractivity contribution in [2.75, 3.05) is 21.2 Å². The van der Waals surface area contributed by atoms with E-state index in [1.807, 2.05) is 48.5 Å². The van der Waals surface area contributed by atoms with Crippen LogP contribution in [0.15, 0.2) is 53.7 Å². The number of methoxy groups -OCH3 is 1. The second-order valence-electron chi connectivity index (χ2n) is 5.57. The van der Waals surface area contributed by atoms with E-state index in [0.717, 1.165) is 22.3 Å². The largest absolute Gasteiger partial charge is 0.497 e. The molecule has 0 saturated carbocycles. The van der Waals surface area contributed by atoms with E-state index in [2.05, 4.69) is 9.97 Å². The molecular weight excluding hydrogens is 322 g/mol. The van der Waals surface area contributed by atoms with E-state index in [4.69, 9.17) is 4.74 Å². The van der Waals surface area contributed by atoms with E-state index < -0.39 is 0 Å². The SMILES string of the molecule is COc1ccc2nc(S[C@H](C(=O)N(C)C)c3ccccc3)[nH]c2c1. The van der Waals surface area contributed by atoms with Crippen molar-refractivity contribution >= 4 is 28.7 Å². The lowest BCUT2D eigenvalue weighted by atomic mass is 10.1. The van der Waals surface area contributed by atoms with Gasteiger partial charge in [0.15, 0.2) is 5.16 Å². The van der Waals surface area contributed by atoms with E-state index in [1.54, 1.807) is 26.1 Å². The number of rotatable bonds is 5. The Morgan fingerprint density at radius 1 is 1.21 bits per heavy atom. The van der Waals surface area contributed by atoms with E-state index in [0.29, 0.717) is 5.16 Å². The predicted molar refractivity (Wildman–Crippen MR) is 96.4 cm³/mol. The molecule has 0 saturated heterocycles. The lowest BCUT2D eigenvalue weighted by Gasteiger charge is -2.19. The number of imidazole rings is 1. The number of ether oxygens (including phenoxy) is 1. The summed E-state index contributed by atoms with van der Waals surface area (Å²) >= 11 is 1.42. The summed E-state index contributed by atoms with van der Waals surface area (Å²) in [6, 6.07) is 15.4. The molecule has 6 heteroatoms. The number of nitrogens with one attached hydrogen (secondary N) is 1. The number of benzene rings is 2. The summed E-state index contributed by atoms with van der Waals surface area (Å²) in [5.41, 5.74) is 2.70. The topological polar surface area (TPSA) is 58.2 Å². The average molecular weight is 341 g/mol. The lowest BCUT2D eigenvalue weighted by molar-refractivity contribution is -0.128. The van der Waals surface area contributed by atoms with Gasteiger partial charge in [0.25, 0.3) is 0 Å². The molecule has 24 heavy (non-hydrogen) atoms. The molecule has 1 heterocycles. The highest BCUT2D eigenvalue weighted by Crippen LogP contribution is 2.36. The van der Waals surface area contributed by atoms with Crippen LogP contribution in [0.2, 0.25) is 0 Å². The van der Waals surface area contributed by atoms with Crippen molar-refractivity contribution in [1.82, 2.24) is 14.9 Å². The van der Waals surface area contributed by atoms with Crippen molar-refractivity contribution in [3.63, 3.8) is 0 Å². The van der Waals surface area contributed by atoms with Gasteiger partial charge in [-0.3, -0.25) is 4.79 Å². The third-order valence-corrected chi connectivity index (χ3v) is 4.79. The zero-order valence-electron chi connectivity index (χ0n) is 13.8. The second-order valence-corrected chi connectivity index (χ2v) is 6.66. The number of carbonyl (C=O) groups is 1. The maximum absolute atomic E-state index is 12.6. The Labute approximate surface area is 145 Å². The van der Waals surface area contributed by atoms with Gasteiger partial charge in [0, 0.05) is 20.2 Å². The van der Waals surface area contributed by atoms with Gasteiger partial charge in [-0.15, -0.1) is 0 Å². The highest BCUT2D eigenvalue weighted by atomic mass is 32.2. The number of H-pyrrole nitrogens is 1. The van der Waals surface area contributed by atoms with Gasteiger partial charge in [-0.05, 0) is 17.7 Å². The summed E-state index contributed by atoms with van der Waals surface area (Å²) in [5.74, 6) is 0.802. The Balaban J connectivity index is 1.94. The van der Waals surface area contributed by atoms with Crippen LogP contribution in [0.1, 0.15) is 10.8 Å². The minimum absolute atomic E-state index is 0.0317. The van der Waals surface area contributed by atoms with Crippen molar-refractivity contribution in [1.29, 1.82) is 0 Å². The molecule has 1 N–H and O–H groups in total. The number of thioether (sulfide) groups is 1. The monoisotopic (exact) mass is 341 g/mol. The van der Waals surface area contributed by atoms with E-state index in [-0.39, 0.29) is 11.2 Å². The number of carbonyl (C=O) groups excluding carboxylic acids is 1. The Bertz CT molecular complexity index is 846. The molecule has 0 unspecified atom stereocenters. The van der Waals surface area contributed by atoms with E-state index in [1.165, 1.54) is 11.8 Å². The van der Waals surface area contributed by atoms with Crippen molar-refractivity contribution in [2.45, 2.75) is 10.4 Å². The Morgan fingerprint density at radius 2 is 1.96 bits per heavy atom. The van der Waals surface area contributed by atoms with Gasteiger partial charge >= 0.3 is 0 Å². The molecule has 1 atom stereocenters. The van der Waals surface area contributed by atoms with Crippen LogP contribution in [0.5, 0.6) is 5.75 Å². The van der Waals surface area contributed by atoms with Gasteiger partial charge in [0.05, 0.1) is 18.1 Å². The third kappa shape index (κ3) is 3.38. The van der Waals surface area contributed by atoms with Crippen LogP contribution in [0.25, 0.3) is 11.0 Å². The summed E-state index contributed by atoms with van der Waals surface area (Å²) in [6.07, 6.45) is 0. The highest BCUT2D eigenvalue weighted by molar-refractivity contribution is 8.00. The molecule has 0 radical (unpaired) electrons. The van der Waals surface area contributed by atoms with Crippen LogP contribution < -0.4 is 4.74 Å². The molecular formula is C18H19N3O2S. The van der Waals surface area contributed by atoms with Crippen LogP contribution in [0, 0.1) is 0 Å². The summed E-state index contributed by atoms with van der Waals surface area (Å²) in [7, 11) is 5.17. The maximum atomic E-state index is 12.6. The average Bonchev–Trinajstić information content (AvgIpc) is 3.01. The van der Waals surface area contributed by atoms with Crippen molar-refractivity contribution < 1.29 is 9.53 Å². The van der Waals surface area contributed by atoms with Gasteiger partial charge in [0.2, 0.25) is 5.91 Å². The minimum atomic E-state index is -0.344. The van der Waals surface area contributed by atoms with Gasteiger partial charge < -0.3 is 14.6 Å². The zero-order valence-corrected chi connectivity index (χ0v) is 14.6. The first-order chi connectivity index (χ1) is 11.6. The van der Waals surface area contributed by atoms with Crippen LogP contribution in [0.4, 0.5) is 0 Å². The normalized spacial score (nSPS) is 12.1. The molecule has 2 aromatic carbocycles. The van der Waals surface area contributed by atoms with E-state index >= 15 is 0 Å². The van der Waals surface area contributed by atoms with Crippen molar-refractivity contribution in [2.24, 2.45) is 0 Å². The molecule has 0 aliphatic rings. The fraction of sp³-hybridized carbons (Fsp3) is 0.222. The van der Waals surface area contributed by atoms with Crippen LogP contribution in [-0.4, -0.2) is 42.0 Å². The lowest BCUT2D eigenvalue weighted by Crippen LogP contribution is -2.26.